The SMILES string of the molecule is O=C(NCCCn1c(=O)[nH]c2ccccc21)c1cccnc1. The van der Waals surface area contributed by atoms with Gasteiger partial charge < -0.3 is 10.3 Å². The second-order valence-electron chi connectivity index (χ2n) is 4.95. The van der Waals surface area contributed by atoms with E-state index in [4.69, 9.17) is 0 Å². The molecule has 6 heteroatoms. The topological polar surface area (TPSA) is 79.8 Å². The van der Waals surface area contributed by atoms with E-state index in [1.165, 1.54) is 6.20 Å². The Bertz CT molecular complexity index is 836. The highest BCUT2D eigenvalue weighted by Crippen LogP contribution is 2.09. The molecule has 1 amide bonds. The van der Waals surface area contributed by atoms with Crippen molar-refractivity contribution in [3.63, 3.8) is 0 Å². The number of benzene rings is 1. The lowest BCUT2D eigenvalue weighted by Crippen LogP contribution is -2.26. The molecule has 0 fully saturated rings. The fraction of sp³-hybridized carbons (Fsp3) is 0.188. The highest BCUT2D eigenvalue weighted by Gasteiger charge is 2.07. The monoisotopic (exact) mass is 296 g/mol. The van der Waals surface area contributed by atoms with Crippen LogP contribution in [0.3, 0.4) is 0 Å². The number of aromatic nitrogens is 3. The van der Waals surface area contributed by atoms with Gasteiger partial charge in [-0.05, 0) is 30.7 Å². The number of para-hydroxylation sites is 2. The summed E-state index contributed by atoms with van der Waals surface area (Å²) in [4.78, 5) is 30.5. The van der Waals surface area contributed by atoms with Gasteiger partial charge in [0.1, 0.15) is 0 Å². The highest BCUT2D eigenvalue weighted by molar-refractivity contribution is 5.93. The Labute approximate surface area is 126 Å². The predicted molar refractivity (Wildman–Crippen MR) is 83.7 cm³/mol. The molecular formula is C16H16N4O2. The van der Waals surface area contributed by atoms with Crippen LogP contribution in [0.4, 0.5) is 0 Å². The van der Waals surface area contributed by atoms with Crippen LogP contribution in [0.15, 0.2) is 53.6 Å². The third-order valence-corrected chi connectivity index (χ3v) is 3.45. The number of fused-ring (bicyclic) bond motifs is 1. The fourth-order valence-corrected chi connectivity index (χ4v) is 2.37. The van der Waals surface area contributed by atoms with Crippen molar-refractivity contribution in [2.24, 2.45) is 0 Å². The van der Waals surface area contributed by atoms with Crippen molar-refractivity contribution in [2.75, 3.05) is 6.54 Å². The van der Waals surface area contributed by atoms with Crippen molar-refractivity contribution < 1.29 is 4.79 Å². The molecular weight excluding hydrogens is 280 g/mol. The lowest BCUT2D eigenvalue weighted by Gasteiger charge is -2.06. The first kappa shape index (κ1) is 14.1. The summed E-state index contributed by atoms with van der Waals surface area (Å²) in [5.74, 6) is -0.153. The first-order valence-electron chi connectivity index (χ1n) is 7.11. The quantitative estimate of drug-likeness (QED) is 0.701. The van der Waals surface area contributed by atoms with Crippen molar-refractivity contribution in [3.05, 3.63) is 64.8 Å². The number of pyridine rings is 1. The van der Waals surface area contributed by atoms with Crippen LogP contribution < -0.4 is 11.0 Å². The van der Waals surface area contributed by atoms with Crippen LogP contribution >= 0.6 is 0 Å². The zero-order chi connectivity index (χ0) is 15.4. The van der Waals surface area contributed by atoms with E-state index >= 15 is 0 Å². The van der Waals surface area contributed by atoms with Gasteiger partial charge in [-0.15, -0.1) is 0 Å². The fourth-order valence-electron chi connectivity index (χ4n) is 2.37. The van der Waals surface area contributed by atoms with Crippen molar-refractivity contribution in [1.82, 2.24) is 19.9 Å². The molecule has 0 spiro atoms. The maximum atomic E-state index is 11.9. The Morgan fingerprint density at radius 3 is 2.91 bits per heavy atom. The third-order valence-electron chi connectivity index (χ3n) is 3.45. The molecule has 0 aliphatic rings. The Kier molecular flexibility index (Phi) is 4.00. The summed E-state index contributed by atoms with van der Waals surface area (Å²) < 4.78 is 1.69. The molecule has 112 valence electrons. The number of carbonyl (C=O) groups is 1. The zero-order valence-corrected chi connectivity index (χ0v) is 12.0. The number of rotatable bonds is 5. The van der Waals surface area contributed by atoms with Gasteiger partial charge in [0.05, 0.1) is 16.6 Å². The Hall–Kier alpha value is -2.89. The molecule has 0 atom stereocenters. The molecule has 2 aromatic heterocycles. The van der Waals surface area contributed by atoms with Crippen LogP contribution in [0.25, 0.3) is 11.0 Å². The zero-order valence-electron chi connectivity index (χ0n) is 12.0. The lowest BCUT2D eigenvalue weighted by atomic mass is 10.2. The molecule has 0 aliphatic carbocycles. The molecule has 0 unspecified atom stereocenters. The molecule has 2 heterocycles. The predicted octanol–water partition coefficient (Wildman–Crippen LogP) is 1.54. The smallest absolute Gasteiger partial charge is 0.326 e. The first-order chi connectivity index (χ1) is 10.8. The van der Waals surface area contributed by atoms with Crippen LogP contribution in [-0.4, -0.2) is 27.0 Å². The summed E-state index contributed by atoms with van der Waals surface area (Å²) in [6, 6.07) is 11.0. The third kappa shape index (κ3) is 2.90. The van der Waals surface area contributed by atoms with E-state index in [1.807, 2.05) is 24.3 Å². The van der Waals surface area contributed by atoms with E-state index in [0.717, 1.165) is 11.0 Å². The summed E-state index contributed by atoms with van der Waals surface area (Å²) in [6.45, 7) is 1.05. The van der Waals surface area contributed by atoms with Gasteiger partial charge in [-0.25, -0.2) is 4.79 Å². The number of hydrogen-bond acceptors (Lipinski definition) is 3. The number of nitrogens with zero attached hydrogens (tertiary/aromatic N) is 2. The number of nitrogens with one attached hydrogen (secondary N) is 2. The van der Waals surface area contributed by atoms with E-state index < -0.39 is 0 Å². The maximum Gasteiger partial charge on any atom is 0.326 e. The van der Waals surface area contributed by atoms with E-state index in [-0.39, 0.29) is 11.6 Å². The van der Waals surface area contributed by atoms with E-state index in [0.29, 0.717) is 25.1 Å². The lowest BCUT2D eigenvalue weighted by molar-refractivity contribution is 0.0952. The van der Waals surface area contributed by atoms with E-state index in [1.54, 1.807) is 22.9 Å². The van der Waals surface area contributed by atoms with Gasteiger partial charge in [-0.1, -0.05) is 12.1 Å². The molecule has 0 saturated carbocycles. The molecule has 2 N–H and O–H groups in total. The van der Waals surface area contributed by atoms with Gasteiger partial charge in [0.15, 0.2) is 0 Å². The van der Waals surface area contributed by atoms with Crippen LogP contribution in [-0.2, 0) is 6.54 Å². The Balaban J connectivity index is 1.58. The summed E-state index contributed by atoms with van der Waals surface area (Å²) in [5, 5.41) is 2.82. The van der Waals surface area contributed by atoms with Crippen LogP contribution in [0.5, 0.6) is 0 Å². The van der Waals surface area contributed by atoms with Crippen molar-refractivity contribution in [2.45, 2.75) is 13.0 Å². The molecule has 1 aromatic carbocycles. The Morgan fingerprint density at radius 1 is 1.23 bits per heavy atom. The normalized spacial score (nSPS) is 10.7. The van der Waals surface area contributed by atoms with Crippen LogP contribution in [0, 0.1) is 0 Å². The minimum atomic E-state index is -0.153. The van der Waals surface area contributed by atoms with E-state index in [2.05, 4.69) is 15.3 Å². The van der Waals surface area contributed by atoms with Gasteiger partial charge in [0.25, 0.3) is 5.91 Å². The number of imidazole rings is 1. The van der Waals surface area contributed by atoms with Gasteiger partial charge in [0.2, 0.25) is 0 Å². The van der Waals surface area contributed by atoms with Gasteiger partial charge in [-0.3, -0.25) is 14.3 Å². The molecule has 0 saturated heterocycles. The molecule has 22 heavy (non-hydrogen) atoms. The summed E-state index contributed by atoms with van der Waals surface area (Å²) >= 11 is 0. The Morgan fingerprint density at radius 2 is 2.09 bits per heavy atom. The molecule has 3 rings (SSSR count). The highest BCUT2D eigenvalue weighted by atomic mass is 16.2. The number of aromatic amines is 1. The molecule has 3 aromatic rings. The number of hydrogen-bond donors (Lipinski definition) is 2. The van der Waals surface area contributed by atoms with Gasteiger partial charge >= 0.3 is 5.69 Å². The number of amides is 1. The van der Waals surface area contributed by atoms with Crippen LogP contribution in [0.2, 0.25) is 0 Å². The summed E-state index contributed by atoms with van der Waals surface area (Å²) in [7, 11) is 0. The largest absolute Gasteiger partial charge is 0.352 e. The number of carbonyl (C=O) groups excluding carboxylic acids is 1. The maximum absolute atomic E-state index is 11.9. The van der Waals surface area contributed by atoms with Crippen molar-refractivity contribution in [3.8, 4) is 0 Å². The average Bonchev–Trinajstić information content (AvgIpc) is 2.88. The summed E-state index contributed by atoms with van der Waals surface area (Å²) in [6.07, 6.45) is 3.83. The van der Waals surface area contributed by atoms with E-state index in [9.17, 15) is 9.59 Å². The summed E-state index contributed by atoms with van der Waals surface area (Å²) in [5.41, 5.74) is 2.12. The molecule has 6 nitrogen and oxygen atoms in total. The average molecular weight is 296 g/mol. The molecule has 0 radical (unpaired) electrons. The second-order valence-corrected chi connectivity index (χ2v) is 4.95. The van der Waals surface area contributed by atoms with Gasteiger partial charge in [-0.2, -0.15) is 0 Å². The second kappa shape index (κ2) is 6.26. The standard InChI is InChI=1S/C16H16N4O2/c21-15(12-5-3-8-17-11-12)18-9-4-10-20-14-7-2-1-6-13(14)19-16(20)22/h1-3,5-8,11H,4,9-10H2,(H,18,21)(H,19,22). The van der Waals surface area contributed by atoms with Crippen LogP contribution in [0.1, 0.15) is 16.8 Å². The minimum absolute atomic E-state index is 0.125. The number of aryl methyl sites for hydroxylation is 1. The minimum Gasteiger partial charge on any atom is -0.352 e. The van der Waals surface area contributed by atoms with Crippen molar-refractivity contribution in [1.29, 1.82) is 0 Å². The number of H-pyrrole nitrogens is 1. The van der Waals surface area contributed by atoms with Gasteiger partial charge in [0, 0.05) is 25.5 Å². The first-order valence-corrected chi connectivity index (χ1v) is 7.11. The molecule has 0 bridgehead atoms. The molecule has 0 aliphatic heterocycles. The van der Waals surface area contributed by atoms with Crippen molar-refractivity contribution >= 4 is 16.9 Å².